The molecule has 0 heterocycles. The van der Waals surface area contributed by atoms with Crippen LogP contribution in [0.2, 0.25) is 0 Å². The summed E-state index contributed by atoms with van der Waals surface area (Å²) in [6.07, 6.45) is 2.00. The molecule has 0 bridgehead atoms. The highest BCUT2D eigenvalue weighted by molar-refractivity contribution is 7.80. The van der Waals surface area contributed by atoms with E-state index in [0.29, 0.717) is 6.61 Å². The van der Waals surface area contributed by atoms with Crippen LogP contribution in [0.25, 0.3) is 0 Å². The van der Waals surface area contributed by atoms with Crippen LogP contribution in [0.5, 0.6) is 11.5 Å². The topological polar surface area (TPSA) is 33.7 Å². The van der Waals surface area contributed by atoms with Gasteiger partial charge in [-0.05, 0) is 48.3 Å². The molecule has 5 heteroatoms. The third-order valence-corrected chi connectivity index (χ3v) is 4.53. The van der Waals surface area contributed by atoms with Crippen LogP contribution >= 0.6 is 12.2 Å². The van der Waals surface area contributed by atoms with Gasteiger partial charge in [0, 0.05) is 19.6 Å². The van der Waals surface area contributed by atoms with Crippen molar-refractivity contribution >= 4 is 17.3 Å². The van der Waals surface area contributed by atoms with Gasteiger partial charge in [0.1, 0.15) is 0 Å². The second-order valence-corrected chi connectivity index (χ2v) is 6.79. The molecule has 0 fully saturated rings. The van der Waals surface area contributed by atoms with Crippen molar-refractivity contribution in [2.24, 2.45) is 0 Å². The predicted octanol–water partition coefficient (Wildman–Crippen LogP) is 4.77. The average Bonchev–Trinajstić information content (AvgIpc) is 2.71. The van der Waals surface area contributed by atoms with Crippen LogP contribution in [0, 0.1) is 0 Å². The standard InChI is InChI=1S/C22H30N2O2S/c1-4-13-24(22(27)23-16-18-9-7-6-8-10-18)17-19-11-12-20(26-14-5-2)21(15-19)25-3/h6-12,15H,4-5,13-14,16-17H2,1-3H3,(H,23,27). The van der Waals surface area contributed by atoms with Gasteiger partial charge >= 0.3 is 0 Å². The van der Waals surface area contributed by atoms with Crippen LogP contribution in [0.15, 0.2) is 48.5 Å². The summed E-state index contributed by atoms with van der Waals surface area (Å²) in [4.78, 5) is 2.19. The molecule has 0 atom stereocenters. The van der Waals surface area contributed by atoms with Gasteiger partial charge in [0.05, 0.1) is 13.7 Å². The number of benzene rings is 2. The summed E-state index contributed by atoms with van der Waals surface area (Å²) in [7, 11) is 1.67. The van der Waals surface area contributed by atoms with Gasteiger partial charge in [0.25, 0.3) is 0 Å². The van der Waals surface area contributed by atoms with E-state index in [4.69, 9.17) is 21.7 Å². The molecular formula is C22H30N2O2S. The molecule has 0 spiro atoms. The lowest BCUT2D eigenvalue weighted by Gasteiger charge is -2.26. The van der Waals surface area contributed by atoms with Gasteiger partial charge in [-0.25, -0.2) is 0 Å². The Morgan fingerprint density at radius 2 is 1.78 bits per heavy atom. The summed E-state index contributed by atoms with van der Waals surface area (Å²) in [5.41, 5.74) is 2.36. The first-order valence-electron chi connectivity index (χ1n) is 9.54. The molecular weight excluding hydrogens is 356 g/mol. The third-order valence-electron chi connectivity index (χ3n) is 4.13. The Morgan fingerprint density at radius 3 is 2.44 bits per heavy atom. The highest BCUT2D eigenvalue weighted by Gasteiger charge is 2.12. The molecule has 0 unspecified atom stereocenters. The zero-order chi connectivity index (χ0) is 19.5. The van der Waals surface area contributed by atoms with Gasteiger partial charge in [-0.2, -0.15) is 0 Å². The van der Waals surface area contributed by atoms with E-state index in [1.807, 2.05) is 30.3 Å². The van der Waals surface area contributed by atoms with Crippen LogP contribution < -0.4 is 14.8 Å². The number of nitrogens with zero attached hydrogens (tertiary/aromatic N) is 1. The molecule has 0 amide bonds. The number of hydrogen-bond donors (Lipinski definition) is 1. The van der Waals surface area contributed by atoms with E-state index in [1.54, 1.807) is 7.11 Å². The summed E-state index contributed by atoms with van der Waals surface area (Å²) in [5.74, 6) is 1.55. The first kappa shape index (κ1) is 21.0. The van der Waals surface area contributed by atoms with Crippen molar-refractivity contribution < 1.29 is 9.47 Å². The molecule has 0 radical (unpaired) electrons. The number of ether oxygens (including phenoxy) is 2. The van der Waals surface area contributed by atoms with E-state index in [1.165, 1.54) is 5.56 Å². The van der Waals surface area contributed by atoms with Gasteiger partial charge in [0.2, 0.25) is 0 Å². The first-order chi connectivity index (χ1) is 13.2. The Hall–Kier alpha value is -2.27. The zero-order valence-electron chi connectivity index (χ0n) is 16.5. The lowest BCUT2D eigenvalue weighted by molar-refractivity contribution is 0.293. The van der Waals surface area contributed by atoms with Gasteiger partial charge in [-0.1, -0.05) is 50.2 Å². The van der Waals surface area contributed by atoms with Crippen molar-refractivity contribution in [3.63, 3.8) is 0 Å². The summed E-state index contributed by atoms with van der Waals surface area (Å²) in [5, 5.41) is 4.14. The van der Waals surface area contributed by atoms with Gasteiger partial charge in [-0.15, -0.1) is 0 Å². The van der Waals surface area contributed by atoms with Crippen LogP contribution in [-0.4, -0.2) is 30.3 Å². The Morgan fingerprint density at radius 1 is 1.00 bits per heavy atom. The second kappa shape index (κ2) is 11.4. The third kappa shape index (κ3) is 6.75. The lowest BCUT2D eigenvalue weighted by Crippen LogP contribution is -2.39. The second-order valence-electron chi connectivity index (χ2n) is 6.40. The number of hydrogen-bond acceptors (Lipinski definition) is 3. The summed E-state index contributed by atoms with van der Waals surface area (Å²) in [6.45, 7) is 7.30. The minimum absolute atomic E-state index is 0.686. The van der Waals surface area contributed by atoms with Gasteiger partial charge in [0.15, 0.2) is 16.6 Å². The van der Waals surface area contributed by atoms with Crippen molar-refractivity contribution in [2.75, 3.05) is 20.3 Å². The summed E-state index contributed by atoms with van der Waals surface area (Å²) < 4.78 is 11.2. The zero-order valence-corrected chi connectivity index (χ0v) is 17.3. The fourth-order valence-electron chi connectivity index (χ4n) is 2.77. The molecule has 0 saturated heterocycles. The van der Waals surface area contributed by atoms with Crippen molar-refractivity contribution in [2.45, 2.75) is 39.8 Å². The Bertz CT molecular complexity index is 707. The van der Waals surface area contributed by atoms with Crippen molar-refractivity contribution in [3.8, 4) is 11.5 Å². The number of thiocarbonyl (C=S) groups is 1. The fourth-order valence-corrected chi connectivity index (χ4v) is 3.00. The smallest absolute Gasteiger partial charge is 0.169 e. The molecule has 2 aromatic carbocycles. The molecule has 0 aliphatic carbocycles. The SMILES string of the molecule is CCCOc1ccc(CN(CCC)C(=S)NCc2ccccc2)cc1OC. The molecule has 0 aromatic heterocycles. The summed E-state index contributed by atoms with van der Waals surface area (Å²) in [6, 6.07) is 16.4. The highest BCUT2D eigenvalue weighted by Crippen LogP contribution is 2.28. The van der Waals surface area contributed by atoms with E-state index < -0.39 is 0 Å². The number of rotatable bonds is 10. The molecule has 27 heavy (non-hydrogen) atoms. The normalized spacial score (nSPS) is 10.3. The van der Waals surface area contributed by atoms with Gasteiger partial charge in [-0.3, -0.25) is 0 Å². The minimum Gasteiger partial charge on any atom is -0.493 e. The maximum absolute atomic E-state index is 5.74. The molecule has 4 nitrogen and oxygen atoms in total. The highest BCUT2D eigenvalue weighted by atomic mass is 32.1. The summed E-state index contributed by atoms with van der Waals surface area (Å²) >= 11 is 5.64. The molecule has 1 N–H and O–H groups in total. The lowest BCUT2D eigenvalue weighted by atomic mass is 10.2. The molecule has 146 valence electrons. The van der Waals surface area contributed by atoms with Gasteiger partial charge < -0.3 is 19.7 Å². The molecule has 2 aromatic rings. The van der Waals surface area contributed by atoms with Crippen LogP contribution in [0.4, 0.5) is 0 Å². The largest absolute Gasteiger partial charge is 0.493 e. The van der Waals surface area contributed by atoms with E-state index in [0.717, 1.165) is 54.7 Å². The number of nitrogens with one attached hydrogen (secondary N) is 1. The van der Waals surface area contributed by atoms with E-state index >= 15 is 0 Å². The van der Waals surface area contributed by atoms with Crippen LogP contribution in [0.1, 0.15) is 37.8 Å². The molecule has 0 aliphatic heterocycles. The maximum Gasteiger partial charge on any atom is 0.169 e. The molecule has 2 rings (SSSR count). The number of methoxy groups -OCH3 is 1. The Kier molecular flexibility index (Phi) is 8.92. The van der Waals surface area contributed by atoms with Crippen molar-refractivity contribution in [3.05, 3.63) is 59.7 Å². The molecule has 0 saturated carbocycles. The average molecular weight is 387 g/mol. The van der Waals surface area contributed by atoms with E-state index in [-0.39, 0.29) is 0 Å². The fraction of sp³-hybridized carbons (Fsp3) is 0.409. The van der Waals surface area contributed by atoms with E-state index in [9.17, 15) is 0 Å². The quantitative estimate of drug-likeness (QED) is 0.595. The molecule has 0 aliphatic rings. The predicted molar refractivity (Wildman–Crippen MR) is 115 cm³/mol. The first-order valence-corrected chi connectivity index (χ1v) is 9.95. The Balaban J connectivity index is 2.02. The maximum atomic E-state index is 5.74. The van der Waals surface area contributed by atoms with Crippen LogP contribution in [0.3, 0.4) is 0 Å². The minimum atomic E-state index is 0.686. The monoisotopic (exact) mass is 386 g/mol. The van der Waals surface area contributed by atoms with Crippen molar-refractivity contribution in [1.82, 2.24) is 10.2 Å². The van der Waals surface area contributed by atoms with Crippen molar-refractivity contribution in [1.29, 1.82) is 0 Å². The Labute approximate surface area is 168 Å². The van der Waals surface area contributed by atoms with Crippen LogP contribution in [-0.2, 0) is 13.1 Å². The van der Waals surface area contributed by atoms with E-state index in [2.05, 4.69) is 42.3 Å².